The molecule has 2 N–H and O–H groups in total. The lowest BCUT2D eigenvalue weighted by atomic mass is 9.98. The second kappa shape index (κ2) is 13.4. The van der Waals surface area contributed by atoms with Crippen molar-refractivity contribution < 1.29 is 19.1 Å². The number of carbonyl (C=O) groups is 3. The maximum Gasteiger partial charge on any atom is 0.408 e. The number of alkyl carbamates (subject to hydrolysis) is 1. The minimum absolute atomic E-state index is 0.128. The summed E-state index contributed by atoms with van der Waals surface area (Å²) in [7, 11) is 0. The Morgan fingerprint density at radius 1 is 0.947 bits per heavy atom. The Labute approximate surface area is 228 Å². The third-order valence-corrected chi connectivity index (χ3v) is 6.13. The van der Waals surface area contributed by atoms with E-state index in [1.54, 1.807) is 25.7 Å². The summed E-state index contributed by atoms with van der Waals surface area (Å²) in [6.07, 6.45) is 0.406. The molecule has 0 aliphatic heterocycles. The SMILES string of the molecule is CCCN(C(=O)C(CC(C)C)NC(=O)OC(C)(C)C)C(C(=O)Nc1c(C)cccc1C)c1ccc(C)cc1. The largest absolute Gasteiger partial charge is 0.444 e. The van der Waals surface area contributed by atoms with Crippen molar-refractivity contribution in [1.82, 2.24) is 10.2 Å². The van der Waals surface area contributed by atoms with Crippen LogP contribution in [0, 0.1) is 26.7 Å². The van der Waals surface area contributed by atoms with Gasteiger partial charge in [-0.3, -0.25) is 9.59 Å². The molecule has 38 heavy (non-hydrogen) atoms. The topological polar surface area (TPSA) is 87.7 Å². The van der Waals surface area contributed by atoms with Crippen LogP contribution in [0.3, 0.4) is 0 Å². The fourth-order valence-electron chi connectivity index (χ4n) is 4.38. The summed E-state index contributed by atoms with van der Waals surface area (Å²) < 4.78 is 5.45. The molecule has 7 heteroatoms. The Kier molecular flexibility index (Phi) is 10.9. The number of hydrogen-bond donors (Lipinski definition) is 2. The van der Waals surface area contributed by atoms with Gasteiger partial charge in [0.2, 0.25) is 5.91 Å². The number of benzene rings is 2. The highest BCUT2D eigenvalue weighted by Gasteiger charge is 2.36. The molecule has 2 aromatic rings. The van der Waals surface area contributed by atoms with Gasteiger partial charge in [0.25, 0.3) is 5.91 Å². The van der Waals surface area contributed by atoms with Gasteiger partial charge in [-0.2, -0.15) is 0 Å². The number of para-hydroxylation sites is 1. The number of carbonyl (C=O) groups excluding carboxylic acids is 3. The van der Waals surface area contributed by atoms with E-state index < -0.39 is 23.8 Å². The van der Waals surface area contributed by atoms with Gasteiger partial charge in [-0.15, -0.1) is 0 Å². The molecule has 0 saturated carbocycles. The molecule has 0 fully saturated rings. The lowest BCUT2D eigenvalue weighted by molar-refractivity contribution is -0.141. The van der Waals surface area contributed by atoms with Gasteiger partial charge >= 0.3 is 6.09 Å². The van der Waals surface area contributed by atoms with Gasteiger partial charge in [0.15, 0.2) is 0 Å². The molecule has 2 atom stereocenters. The Balaban J connectivity index is 2.52. The highest BCUT2D eigenvalue weighted by molar-refractivity contribution is 5.99. The second-order valence-corrected chi connectivity index (χ2v) is 11.4. The zero-order valence-corrected chi connectivity index (χ0v) is 24.5. The van der Waals surface area contributed by atoms with E-state index in [0.29, 0.717) is 24.9 Å². The molecule has 7 nitrogen and oxygen atoms in total. The third kappa shape index (κ3) is 8.89. The van der Waals surface area contributed by atoms with Gasteiger partial charge < -0.3 is 20.3 Å². The summed E-state index contributed by atoms with van der Waals surface area (Å²) in [6.45, 7) is 17.5. The smallest absolute Gasteiger partial charge is 0.408 e. The quantitative estimate of drug-likeness (QED) is 0.374. The first-order valence-corrected chi connectivity index (χ1v) is 13.5. The number of hydrogen-bond acceptors (Lipinski definition) is 4. The average Bonchev–Trinajstić information content (AvgIpc) is 2.80. The minimum atomic E-state index is -0.878. The van der Waals surface area contributed by atoms with Crippen molar-refractivity contribution in [1.29, 1.82) is 0 Å². The molecule has 0 aliphatic carbocycles. The van der Waals surface area contributed by atoms with Crippen LogP contribution in [0.4, 0.5) is 10.5 Å². The molecule has 3 amide bonds. The van der Waals surface area contributed by atoms with Gasteiger partial charge in [0, 0.05) is 12.2 Å². The fourth-order valence-corrected chi connectivity index (χ4v) is 4.38. The zero-order valence-electron chi connectivity index (χ0n) is 24.5. The standard InChI is InChI=1S/C31H45N3O4/c1-10-18-34(29(36)25(19-20(2)3)32-30(37)38-31(7,8)9)27(24-16-14-21(4)15-17-24)28(35)33-26-22(5)12-11-13-23(26)6/h11-17,20,25,27H,10,18-19H2,1-9H3,(H,32,37)(H,33,35). The van der Waals surface area contributed by atoms with E-state index in [9.17, 15) is 14.4 Å². The number of rotatable bonds is 10. The van der Waals surface area contributed by atoms with E-state index in [1.807, 2.05) is 84.0 Å². The summed E-state index contributed by atoms with van der Waals surface area (Å²) in [5, 5.41) is 5.87. The van der Waals surface area contributed by atoms with Crippen molar-refractivity contribution in [3.05, 3.63) is 64.7 Å². The summed E-state index contributed by atoms with van der Waals surface area (Å²) in [5.41, 5.74) is 3.69. The van der Waals surface area contributed by atoms with Crippen molar-refractivity contribution in [2.75, 3.05) is 11.9 Å². The van der Waals surface area contributed by atoms with Crippen LogP contribution in [-0.4, -0.2) is 41.0 Å². The van der Waals surface area contributed by atoms with Crippen LogP contribution in [0.5, 0.6) is 0 Å². The first-order valence-electron chi connectivity index (χ1n) is 13.5. The third-order valence-electron chi connectivity index (χ3n) is 6.13. The first-order chi connectivity index (χ1) is 17.7. The number of ether oxygens (including phenoxy) is 1. The fraction of sp³-hybridized carbons (Fsp3) is 0.516. The number of nitrogens with one attached hydrogen (secondary N) is 2. The van der Waals surface area contributed by atoms with Gasteiger partial charge in [-0.25, -0.2) is 4.79 Å². The van der Waals surface area contributed by atoms with E-state index in [-0.39, 0.29) is 17.7 Å². The number of anilines is 1. The molecule has 0 aromatic heterocycles. The van der Waals surface area contributed by atoms with E-state index in [1.165, 1.54) is 0 Å². The van der Waals surface area contributed by atoms with Gasteiger partial charge in [-0.05, 0) is 77.0 Å². The van der Waals surface area contributed by atoms with Gasteiger partial charge in [0.05, 0.1) is 0 Å². The van der Waals surface area contributed by atoms with Crippen molar-refractivity contribution in [3.8, 4) is 0 Å². The van der Waals surface area contributed by atoms with Crippen LogP contribution in [0.15, 0.2) is 42.5 Å². The van der Waals surface area contributed by atoms with E-state index in [0.717, 1.165) is 22.4 Å². The van der Waals surface area contributed by atoms with Crippen molar-refractivity contribution in [2.45, 2.75) is 92.8 Å². The molecule has 0 radical (unpaired) electrons. The normalized spacial score (nSPS) is 13.0. The highest BCUT2D eigenvalue weighted by Crippen LogP contribution is 2.28. The van der Waals surface area contributed by atoms with Gasteiger partial charge in [-0.1, -0.05) is 68.8 Å². The molecular weight excluding hydrogens is 478 g/mol. The molecule has 2 aromatic carbocycles. The summed E-state index contributed by atoms with van der Waals surface area (Å²) in [6, 6.07) is 11.8. The highest BCUT2D eigenvalue weighted by atomic mass is 16.6. The monoisotopic (exact) mass is 523 g/mol. The molecule has 208 valence electrons. The van der Waals surface area contributed by atoms with Crippen LogP contribution in [-0.2, 0) is 14.3 Å². The molecule has 2 rings (SSSR count). The van der Waals surface area contributed by atoms with E-state index >= 15 is 0 Å². The van der Waals surface area contributed by atoms with Crippen molar-refractivity contribution in [2.24, 2.45) is 5.92 Å². The van der Waals surface area contributed by atoms with E-state index in [4.69, 9.17) is 4.74 Å². The minimum Gasteiger partial charge on any atom is -0.444 e. The number of aryl methyl sites for hydroxylation is 3. The van der Waals surface area contributed by atoms with Crippen LogP contribution in [0.1, 0.15) is 82.7 Å². The first kappa shape index (κ1) is 30.9. The summed E-state index contributed by atoms with van der Waals surface area (Å²) in [5.74, 6) is -0.481. The summed E-state index contributed by atoms with van der Waals surface area (Å²) >= 11 is 0. The van der Waals surface area contributed by atoms with Crippen LogP contribution >= 0.6 is 0 Å². The van der Waals surface area contributed by atoms with Crippen LogP contribution in [0.25, 0.3) is 0 Å². The number of nitrogens with zero attached hydrogens (tertiary/aromatic N) is 1. The predicted molar refractivity (Wildman–Crippen MR) is 153 cm³/mol. The van der Waals surface area contributed by atoms with Crippen molar-refractivity contribution in [3.63, 3.8) is 0 Å². The molecule has 0 spiro atoms. The average molecular weight is 524 g/mol. The Morgan fingerprint density at radius 2 is 1.53 bits per heavy atom. The molecule has 0 bridgehead atoms. The Morgan fingerprint density at radius 3 is 2.03 bits per heavy atom. The maximum absolute atomic E-state index is 14.1. The van der Waals surface area contributed by atoms with Crippen LogP contribution in [0.2, 0.25) is 0 Å². The zero-order chi connectivity index (χ0) is 28.6. The lowest BCUT2D eigenvalue weighted by Gasteiger charge is -2.35. The molecular formula is C31H45N3O4. The van der Waals surface area contributed by atoms with Crippen LogP contribution < -0.4 is 10.6 Å². The van der Waals surface area contributed by atoms with Gasteiger partial charge in [0.1, 0.15) is 17.7 Å². The lowest BCUT2D eigenvalue weighted by Crippen LogP contribution is -2.53. The summed E-state index contributed by atoms with van der Waals surface area (Å²) in [4.78, 5) is 42.4. The molecule has 0 aliphatic rings. The number of amides is 3. The Bertz CT molecular complexity index is 1080. The second-order valence-electron chi connectivity index (χ2n) is 11.4. The molecule has 0 heterocycles. The molecule has 2 unspecified atom stereocenters. The Hall–Kier alpha value is -3.35. The van der Waals surface area contributed by atoms with Crippen molar-refractivity contribution >= 4 is 23.6 Å². The van der Waals surface area contributed by atoms with E-state index in [2.05, 4.69) is 10.6 Å². The molecule has 0 saturated heterocycles. The predicted octanol–water partition coefficient (Wildman–Crippen LogP) is 6.47. The maximum atomic E-state index is 14.1.